The first-order chi connectivity index (χ1) is 10.9. The van der Waals surface area contributed by atoms with Crippen molar-refractivity contribution in [2.24, 2.45) is 0 Å². The van der Waals surface area contributed by atoms with Crippen LogP contribution in [0.4, 0.5) is 0 Å². The van der Waals surface area contributed by atoms with Gasteiger partial charge in [0, 0.05) is 12.7 Å². The third kappa shape index (κ3) is 5.21. The molecule has 0 radical (unpaired) electrons. The van der Waals surface area contributed by atoms with E-state index in [-0.39, 0.29) is 16.8 Å². The Balaban J connectivity index is 1.90. The molecular weight excluding hydrogens is 310 g/mol. The predicted molar refractivity (Wildman–Crippen MR) is 90.9 cm³/mol. The number of sulfone groups is 1. The highest BCUT2D eigenvalue weighted by Crippen LogP contribution is 2.16. The number of carbonyl (C=O) groups excluding carboxylic acids is 1. The van der Waals surface area contributed by atoms with Gasteiger partial charge in [-0.15, -0.1) is 0 Å². The van der Waals surface area contributed by atoms with Crippen LogP contribution in [0.3, 0.4) is 0 Å². The summed E-state index contributed by atoms with van der Waals surface area (Å²) in [5, 5.41) is 2.94. The lowest BCUT2D eigenvalue weighted by molar-refractivity contribution is -0.121. The molecule has 1 N–H and O–H groups in total. The van der Waals surface area contributed by atoms with E-state index in [0.29, 0.717) is 12.8 Å². The Morgan fingerprint density at radius 1 is 1.04 bits per heavy atom. The number of nitrogens with one attached hydrogen (secondary N) is 1. The molecular formula is C18H21NO3S. The van der Waals surface area contributed by atoms with Crippen molar-refractivity contribution in [3.05, 3.63) is 65.7 Å². The van der Waals surface area contributed by atoms with E-state index in [0.717, 1.165) is 11.1 Å². The summed E-state index contributed by atoms with van der Waals surface area (Å²) in [4.78, 5) is 12.3. The molecule has 2 rings (SSSR count). The first kappa shape index (κ1) is 17.2. The van der Waals surface area contributed by atoms with Crippen LogP contribution in [0.2, 0.25) is 0 Å². The summed E-state index contributed by atoms with van der Waals surface area (Å²) in [6.45, 7) is 1.88. The van der Waals surface area contributed by atoms with E-state index in [1.165, 1.54) is 6.26 Å². The van der Waals surface area contributed by atoms with Crippen molar-refractivity contribution in [3.8, 4) is 0 Å². The summed E-state index contributed by atoms with van der Waals surface area (Å²) in [5.41, 5.74) is 2.01. The molecule has 0 bridgehead atoms. The van der Waals surface area contributed by atoms with Gasteiger partial charge in [0.15, 0.2) is 9.84 Å². The van der Waals surface area contributed by atoms with Crippen LogP contribution in [-0.2, 0) is 21.1 Å². The lowest BCUT2D eigenvalue weighted by atomic mass is 10.1. The standard InChI is InChI=1S/C18H21NO3S/c1-14(16-9-11-17(12-10-16)23(2,21)22)19-18(20)13-8-15-6-4-3-5-7-15/h3-7,9-12,14H,8,13H2,1-2H3,(H,19,20)/t14-/m0/s1. The van der Waals surface area contributed by atoms with Crippen molar-refractivity contribution >= 4 is 15.7 Å². The molecule has 0 aliphatic carbocycles. The first-order valence-electron chi connectivity index (χ1n) is 7.49. The molecule has 1 amide bonds. The third-order valence-corrected chi connectivity index (χ3v) is 4.80. The number of hydrogen-bond donors (Lipinski definition) is 1. The predicted octanol–water partition coefficient (Wildman–Crippen LogP) is 2.90. The smallest absolute Gasteiger partial charge is 0.220 e. The fourth-order valence-corrected chi connectivity index (χ4v) is 2.93. The van der Waals surface area contributed by atoms with Gasteiger partial charge in [0.25, 0.3) is 0 Å². The maximum atomic E-state index is 12.0. The van der Waals surface area contributed by atoms with Crippen molar-refractivity contribution < 1.29 is 13.2 Å². The van der Waals surface area contributed by atoms with E-state index < -0.39 is 9.84 Å². The number of rotatable bonds is 6. The zero-order valence-corrected chi connectivity index (χ0v) is 14.1. The van der Waals surface area contributed by atoms with E-state index in [9.17, 15) is 13.2 Å². The van der Waals surface area contributed by atoms with Crippen molar-refractivity contribution in [1.82, 2.24) is 5.32 Å². The van der Waals surface area contributed by atoms with Crippen molar-refractivity contribution in [3.63, 3.8) is 0 Å². The van der Waals surface area contributed by atoms with Gasteiger partial charge in [0.05, 0.1) is 10.9 Å². The second-order valence-electron chi connectivity index (χ2n) is 5.62. The summed E-state index contributed by atoms with van der Waals surface area (Å²) in [5.74, 6) is -0.0199. The summed E-state index contributed by atoms with van der Waals surface area (Å²) in [7, 11) is -3.19. The average Bonchev–Trinajstić information content (AvgIpc) is 2.53. The van der Waals surface area contributed by atoms with Gasteiger partial charge >= 0.3 is 0 Å². The molecule has 0 fully saturated rings. The van der Waals surface area contributed by atoms with Crippen LogP contribution in [0.15, 0.2) is 59.5 Å². The number of benzene rings is 2. The number of carbonyl (C=O) groups is 1. The van der Waals surface area contributed by atoms with Gasteiger partial charge in [0.2, 0.25) is 5.91 Å². The Morgan fingerprint density at radius 3 is 2.22 bits per heavy atom. The normalized spacial score (nSPS) is 12.6. The summed E-state index contributed by atoms with van der Waals surface area (Å²) >= 11 is 0. The quantitative estimate of drug-likeness (QED) is 0.885. The highest BCUT2D eigenvalue weighted by molar-refractivity contribution is 7.90. The second-order valence-corrected chi connectivity index (χ2v) is 7.63. The summed E-state index contributed by atoms with van der Waals surface area (Å²) in [6, 6.07) is 16.3. The molecule has 23 heavy (non-hydrogen) atoms. The van der Waals surface area contributed by atoms with Crippen molar-refractivity contribution in [1.29, 1.82) is 0 Å². The van der Waals surface area contributed by atoms with Crippen molar-refractivity contribution in [2.75, 3.05) is 6.26 Å². The maximum Gasteiger partial charge on any atom is 0.220 e. The largest absolute Gasteiger partial charge is 0.350 e. The number of aryl methyl sites for hydroxylation is 1. The first-order valence-corrected chi connectivity index (χ1v) is 9.39. The van der Waals surface area contributed by atoms with Crippen LogP contribution in [0.5, 0.6) is 0 Å². The average molecular weight is 331 g/mol. The molecule has 122 valence electrons. The Hall–Kier alpha value is -2.14. The monoisotopic (exact) mass is 331 g/mol. The maximum absolute atomic E-state index is 12.0. The van der Waals surface area contributed by atoms with Gasteiger partial charge in [-0.1, -0.05) is 42.5 Å². The minimum atomic E-state index is -3.19. The minimum absolute atomic E-state index is 0.0199. The van der Waals surface area contributed by atoms with E-state index in [1.807, 2.05) is 37.3 Å². The van der Waals surface area contributed by atoms with Gasteiger partial charge in [-0.2, -0.15) is 0 Å². The van der Waals surface area contributed by atoms with Crippen LogP contribution < -0.4 is 5.32 Å². The van der Waals surface area contributed by atoms with Gasteiger partial charge in [0.1, 0.15) is 0 Å². The molecule has 0 spiro atoms. The number of amides is 1. The molecule has 4 nitrogen and oxygen atoms in total. The molecule has 1 atom stereocenters. The lowest BCUT2D eigenvalue weighted by Crippen LogP contribution is -2.26. The van der Waals surface area contributed by atoms with E-state index in [1.54, 1.807) is 24.3 Å². The van der Waals surface area contributed by atoms with Crippen LogP contribution in [0.25, 0.3) is 0 Å². The SMILES string of the molecule is C[C@H](NC(=O)CCc1ccccc1)c1ccc(S(C)(=O)=O)cc1. The van der Waals surface area contributed by atoms with Crippen LogP contribution in [0.1, 0.15) is 30.5 Å². The van der Waals surface area contributed by atoms with Gasteiger partial charge < -0.3 is 5.32 Å². The molecule has 0 saturated carbocycles. The van der Waals surface area contributed by atoms with Crippen LogP contribution in [-0.4, -0.2) is 20.6 Å². The molecule has 0 aromatic heterocycles. The summed E-state index contributed by atoms with van der Waals surface area (Å²) in [6.07, 6.45) is 2.30. The van der Waals surface area contributed by atoms with Crippen molar-refractivity contribution in [2.45, 2.75) is 30.7 Å². The molecule has 2 aromatic rings. The second kappa shape index (κ2) is 7.42. The van der Waals surface area contributed by atoms with Gasteiger partial charge in [-0.3, -0.25) is 4.79 Å². The fourth-order valence-electron chi connectivity index (χ4n) is 2.30. The van der Waals surface area contributed by atoms with E-state index in [4.69, 9.17) is 0 Å². The van der Waals surface area contributed by atoms with Gasteiger partial charge in [-0.05, 0) is 36.6 Å². The highest BCUT2D eigenvalue weighted by atomic mass is 32.2. The van der Waals surface area contributed by atoms with Gasteiger partial charge in [-0.25, -0.2) is 8.42 Å². The lowest BCUT2D eigenvalue weighted by Gasteiger charge is -2.15. The molecule has 2 aromatic carbocycles. The Labute approximate surface area is 137 Å². The van der Waals surface area contributed by atoms with E-state index in [2.05, 4.69) is 5.32 Å². The highest BCUT2D eigenvalue weighted by Gasteiger charge is 2.11. The molecule has 0 saturated heterocycles. The summed E-state index contributed by atoms with van der Waals surface area (Å²) < 4.78 is 22.9. The van der Waals surface area contributed by atoms with Crippen LogP contribution in [0, 0.1) is 0 Å². The molecule has 0 heterocycles. The number of hydrogen-bond acceptors (Lipinski definition) is 3. The Kier molecular flexibility index (Phi) is 5.55. The topological polar surface area (TPSA) is 63.2 Å². The Morgan fingerprint density at radius 2 is 1.65 bits per heavy atom. The third-order valence-electron chi connectivity index (χ3n) is 3.67. The zero-order chi connectivity index (χ0) is 16.9. The van der Waals surface area contributed by atoms with E-state index >= 15 is 0 Å². The molecule has 0 aliphatic rings. The molecule has 0 aliphatic heterocycles. The minimum Gasteiger partial charge on any atom is -0.350 e. The molecule has 5 heteroatoms. The Bertz CT molecular complexity index is 753. The van der Waals surface area contributed by atoms with Crippen LogP contribution >= 0.6 is 0 Å². The molecule has 0 unspecified atom stereocenters. The fraction of sp³-hybridized carbons (Fsp3) is 0.278. The zero-order valence-electron chi connectivity index (χ0n) is 13.3.